The van der Waals surface area contributed by atoms with E-state index in [2.05, 4.69) is 0 Å². The number of carbonyl (C=O) groups excluding carboxylic acids is 4. The number of ether oxygens (including phenoxy) is 4. The monoisotopic (exact) mass is 414 g/mol. The molecule has 1 fully saturated rings. The van der Waals surface area contributed by atoms with Crippen LogP contribution in [0.4, 0.5) is 0 Å². The first-order valence-corrected chi connectivity index (χ1v) is 9.12. The molecule has 0 amide bonds. The van der Waals surface area contributed by atoms with Crippen LogP contribution in [0.2, 0.25) is 0 Å². The lowest BCUT2D eigenvalue weighted by molar-refractivity contribution is -0.213. The van der Waals surface area contributed by atoms with Gasteiger partial charge in [0.25, 0.3) is 0 Å². The van der Waals surface area contributed by atoms with Gasteiger partial charge in [0.1, 0.15) is 17.3 Å². The number of aliphatic hydroxyl groups is 2. The Hall–Kier alpha value is -2.62. The molecule has 162 valence electrons. The second kappa shape index (κ2) is 8.40. The fourth-order valence-corrected chi connectivity index (χ4v) is 4.87. The van der Waals surface area contributed by atoms with E-state index in [0.29, 0.717) is 6.42 Å². The van der Waals surface area contributed by atoms with E-state index >= 15 is 0 Å². The molecule has 2 bridgehead atoms. The van der Waals surface area contributed by atoms with Gasteiger partial charge in [-0.25, -0.2) is 4.79 Å². The topological polar surface area (TPSA) is 146 Å². The highest BCUT2D eigenvalue weighted by molar-refractivity contribution is 5.95. The molecule has 0 aromatic heterocycles. The zero-order valence-corrected chi connectivity index (χ0v) is 17.0. The Morgan fingerprint density at radius 1 is 0.931 bits per heavy atom. The van der Waals surface area contributed by atoms with Gasteiger partial charge in [0.15, 0.2) is 0 Å². The van der Waals surface area contributed by atoms with Crippen molar-refractivity contribution in [3.8, 4) is 0 Å². The largest absolute Gasteiger partial charge is 0.511 e. The Balaban J connectivity index is 2.91. The first kappa shape index (κ1) is 22.7. The highest BCUT2D eigenvalue weighted by Crippen LogP contribution is 2.58. The van der Waals surface area contributed by atoms with Crippen molar-refractivity contribution >= 4 is 23.9 Å². The molecule has 6 atom stereocenters. The second-order valence-electron chi connectivity index (χ2n) is 7.15. The van der Waals surface area contributed by atoms with Crippen LogP contribution in [0, 0.1) is 29.6 Å². The maximum atomic E-state index is 12.7. The minimum atomic E-state index is -2.43. The molecule has 2 rings (SSSR count). The molecule has 1 unspecified atom stereocenters. The van der Waals surface area contributed by atoms with E-state index in [4.69, 9.17) is 18.9 Å². The fourth-order valence-electron chi connectivity index (χ4n) is 4.87. The molecule has 0 saturated heterocycles. The van der Waals surface area contributed by atoms with Crippen LogP contribution in [-0.2, 0) is 38.1 Å². The smallest absolute Gasteiger partial charge is 0.337 e. The maximum Gasteiger partial charge on any atom is 0.337 e. The number of aliphatic hydroxyl groups excluding tert-OH is 1. The van der Waals surface area contributed by atoms with Gasteiger partial charge in [-0.15, -0.1) is 0 Å². The Bertz CT molecular complexity index is 741. The summed E-state index contributed by atoms with van der Waals surface area (Å²) in [5, 5.41) is 22.6. The summed E-state index contributed by atoms with van der Waals surface area (Å²) in [6.07, 6.45) is 0.455. The standard InChI is InChI=1S/C19H26O10/c1-6-8-7-9-10(15(21)26-2)14(20)13(18(24)29-5)19(25,11(8)16(22)27-3)12(9)17(23)28-4/h8-9,11-13,20,25H,6-7H2,1-5H3/t8?,9-,11+,12+,13+,19+/m0/s1. The molecule has 0 aromatic carbocycles. The summed E-state index contributed by atoms with van der Waals surface area (Å²) in [5.41, 5.74) is -2.75. The van der Waals surface area contributed by atoms with E-state index < -0.39 is 64.8 Å². The second-order valence-corrected chi connectivity index (χ2v) is 7.15. The van der Waals surface area contributed by atoms with E-state index in [1.807, 2.05) is 0 Å². The predicted octanol–water partition coefficient (Wildman–Crippen LogP) is 0.130. The van der Waals surface area contributed by atoms with Crippen LogP contribution in [0.15, 0.2) is 11.3 Å². The fraction of sp³-hybridized carbons (Fsp3) is 0.684. The number of esters is 4. The van der Waals surface area contributed by atoms with Gasteiger partial charge in [-0.05, 0) is 12.3 Å². The molecule has 2 aliphatic carbocycles. The van der Waals surface area contributed by atoms with Crippen molar-refractivity contribution in [3.63, 3.8) is 0 Å². The van der Waals surface area contributed by atoms with Crippen LogP contribution in [0.25, 0.3) is 0 Å². The molecule has 0 aliphatic heterocycles. The third kappa shape index (κ3) is 3.25. The van der Waals surface area contributed by atoms with Crippen molar-refractivity contribution in [1.82, 2.24) is 0 Å². The molecule has 0 aromatic rings. The van der Waals surface area contributed by atoms with Crippen LogP contribution in [-0.4, -0.2) is 68.1 Å². The predicted molar refractivity (Wildman–Crippen MR) is 95.0 cm³/mol. The lowest BCUT2D eigenvalue weighted by Crippen LogP contribution is -2.68. The minimum Gasteiger partial charge on any atom is -0.511 e. The van der Waals surface area contributed by atoms with E-state index in [0.717, 1.165) is 28.4 Å². The summed E-state index contributed by atoms with van der Waals surface area (Å²) in [6, 6.07) is 0. The minimum absolute atomic E-state index is 0.0841. The Morgan fingerprint density at radius 3 is 1.90 bits per heavy atom. The average molecular weight is 414 g/mol. The molecule has 29 heavy (non-hydrogen) atoms. The summed E-state index contributed by atoms with van der Waals surface area (Å²) in [4.78, 5) is 50.4. The molecular weight excluding hydrogens is 388 g/mol. The molecule has 2 N–H and O–H groups in total. The molecule has 10 heteroatoms. The number of carbonyl (C=O) groups is 4. The van der Waals surface area contributed by atoms with Gasteiger partial charge in [0.2, 0.25) is 0 Å². The van der Waals surface area contributed by atoms with Crippen LogP contribution < -0.4 is 0 Å². The first-order valence-electron chi connectivity index (χ1n) is 9.12. The van der Waals surface area contributed by atoms with Gasteiger partial charge in [-0.1, -0.05) is 13.3 Å². The highest BCUT2D eigenvalue weighted by Gasteiger charge is 2.70. The van der Waals surface area contributed by atoms with Crippen molar-refractivity contribution in [2.45, 2.75) is 25.4 Å². The van der Waals surface area contributed by atoms with Crippen LogP contribution >= 0.6 is 0 Å². The van der Waals surface area contributed by atoms with Crippen LogP contribution in [0.1, 0.15) is 19.8 Å². The van der Waals surface area contributed by atoms with E-state index in [1.54, 1.807) is 6.92 Å². The summed E-state index contributed by atoms with van der Waals surface area (Å²) >= 11 is 0. The zero-order chi connectivity index (χ0) is 22.1. The van der Waals surface area contributed by atoms with Crippen molar-refractivity contribution in [3.05, 3.63) is 11.3 Å². The van der Waals surface area contributed by atoms with Gasteiger partial charge < -0.3 is 29.2 Å². The highest BCUT2D eigenvalue weighted by atomic mass is 16.5. The normalized spacial score (nSPS) is 33.5. The van der Waals surface area contributed by atoms with Crippen molar-refractivity contribution in [1.29, 1.82) is 0 Å². The zero-order valence-electron chi connectivity index (χ0n) is 17.0. The first-order chi connectivity index (χ1) is 13.6. The Labute approximate surface area is 167 Å². The maximum absolute atomic E-state index is 12.7. The lowest BCUT2D eigenvalue weighted by Gasteiger charge is -2.55. The lowest BCUT2D eigenvalue weighted by atomic mass is 9.49. The number of rotatable bonds is 5. The Morgan fingerprint density at radius 2 is 1.45 bits per heavy atom. The van der Waals surface area contributed by atoms with E-state index in [1.165, 1.54) is 0 Å². The van der Waals surface area contributed by atoms with Crippen molar-refractivity contribution in [2.75, 3.05) is 28.4 Å². The van der Waals surface area contributed by atoms with Gasteiger partial charge in [-0.3, -0.25) is 14.4 Å². The Kier molecular flexibility index (Phi) is 6.56. The number of hydrogen-bond acceptors (Lipinski definition) is 10. The quantitative estimate of drug-likeness (QED) is 0.470. The van der Waals surface area contributed by atoms with Crippen LogP contribution in [0.5, 0.6) is 0 Å². The SMILES string of the molecule is CCC1C[C@H]2C(C(=O)OC)=C(O)[C@H](C(=O)OC)[C@@](O)([C@H]1C(=O)OC)[C@H]2C(=O)OC. The number of fused-ring (bicyclic) bond motifs is 2. The van der Waals surface area contributed by atoms with Crippen LogP contribution in [0.3, 0.4) is 0 Å². The van der Waals surface area contributed by atoms with E-state index in [9.17, 15) is 29.4 Å². The molecule has 2 aliphatic rings. The third-order valence-electron chi connectivity index (χ3n) is 6.09. The van der Waals surface area contributed by atoms with Crippen molar-refractivity contribution < 1.29 is 48.3 Å². The molecule has 0 radical (unpaired) electrons. The number of methoxy groups -OCH3 is 4. The summed E-state index contributed by atoms with van der Waals surface area (Å²) in [5.74, 6) is -11.0. The van der Waals surface area contributed by atoms with E-state index in [-0.39, 0.29) is 12.0 Å². The molecular formula is C19H26O10. The molecule has 0 spiro atoms. The van der Waals surface area contributed by atoms with Gasteiger partial charge in [0.05, 0.1) is 45.8 Å². The molecule has 1 saturated carbocycles. The average Bonchev–Trinajstić information content (AvgIpc) is 2.71. The number of hydrogen-bond donors (Lipinski definition) is 2. The van der Waals surface area contributed by atoms with Gasteiger partial charge in [-0.2, -0.15) is 0 Å². The molecule has 0 heterocycles. The molecule has 10 nitrogen and oxygen atoms in total. The third-order valence-corrected chi connectivity index (χ3v) is 6.09. The van der Waals surface area contributed by atoms with Gasteiger partial charge in [0, 0.05) is 5.92 Å². The summed E-state index contributed by atoms with van der Waals surface area (Å²) in [6.45, 7) is 1.76. The summed E-state index contributed by atoms with van der Waals surface area (Å²) < 4.78 is 19.1. The summed E-state index contributed by atoms with van der Waals surface area (Å²) in [7, 11) is 4.29. The van der Waals surface area contributed by atoms with Crippen molar-refractivity contribution in [2.24, 2.45) is 29.6 Å². The van der Waals surface area contributed by atoms with Gasteiger partial charge >= 0.3 is 23.9 Å².